The summed E-state index contributed by atoms with van der Waals surface area (Å²) < 4.78 is 21.9. The van der Waals surface area contributed by atoms with Gasteiger partial charge in [-0.2, -0.15) is 0 Å². The van der Waals surface area contributed by atoms with Crippen molar-refractivity contribution in [3.8, 4) is 0 Å². The van der Waals surface area contributed by atoms with Crippen LogP contribution in [-0.2, 0) is 49.5 Å². The van der Waals surface area contributed by atoms with Gasteiger partial charge in [0.2, 0.25) is 0 Å². The van der Waals surface area contributed by atoms with Gasteiger partial charge in [-0.15, -0.1) is 0 Å². The summed E-state index contributed by atoms with van der Waals surface area (Å²) in [7, 11) is 0. The van der Waals surface area contributed by atoms with Gasteiger partial charge in [-0.05, 0) is 175 Å². The fraction of sp³-hybridized carbons (Fsp3) is 0.750. The smallest absolute Gasteiger partial charge is 0.333 e. The molecule has 1 aromatic rings. The van der Waals surface area contributed by atoms with Crippen LogP contribution in [0.1, 0.15) is 179 Å². The second kappa shape index (κ2) is 24.0. The number of ether oxygens (including phenoxy) is 4. The molecular formula is C52H84O11. The van der Waals surface area contributed by atoms with Crippen LogP contribution >= 0.6 is 0 Å². The zero-order chi connectivity index (χ0) is 48.0. The number of benzene rings is 1. The Morgan fingerprint density at radius 3 is 1.54 bits per heavy atom. The summed E-state index contributed by atoms with van der Waals surface area (Å²) in [5, 5.41) is 18.6. The van der Waals surface area contributed by atoms with E-state index in [0.717, 1.165) is 61.8 Å². The summed E-state index contributed by atoms with van der Waals surface area (Å²) in [5.74, 6) is 1.11. The molecule has 63 heavy (non-hydrogen) atoms. The summed E-state index contributed by atoms with van der Waals surface area (Å²) in [6, 6.07) is 9.72. The second-order valence-electron chi connectivity index (χ2n) is 21.4. The van der Waals surface area contributed by atoms with Gasteiger partial charge in [0.25, 0.3) is 0 Å². The first-order valence-electron chi connectivity index (χ1n) is 23.6. The van der Waals surface area contributed by atoms with Crippen LogP contribution < -0.4 is 0 Å². The van der Waals surface area contributed by atoms with E-state index in [1.54, 1.807) is 20.8 Å². The molecule has 358 valence electrons. The Morgan fingerprint density at radius 1 is 0.667 bits per heavy atom. The SMILES string of the molecule is C=C(C)C(=O)OCC1CCC(OC(=O)C(C)(C)CC)C(O)C1.CCC(C)(C)C(=O)O.CCC(C)(C)C(=O)OC12CC3CC(CC(C3)C1)C2.CCC(C)(C)C(=O)OCc1ccccc1. The van der Waals surface area contributed by atoms with Crippen LogP contribution in [0.15, 0.2) is 42.5 Å². The number of hydrogen-bond donors (Lipinski definition) is 2. The molecule has 11 heteroatoms. The molecule has 2 N–H and O–H groups in total. The minimum absolute atomic E-state index is 0.0342. The maximum Gasteiger partial charge on any atom is 0.333 e. The molecule has 5 aliphatic rings. The number of carbonyl (C=O) groups is 5. The Labute approximate surface area is 379 Å². The van der Waals surface area contributed by atoms with E-state index < -0.39 is 35.0 Å². The first-order valence-corrected chi connectivity index (χ1v) is 23.6. The monoisotopic (exact) mass is 885 g/mol. The van der Waals surface area contributed by atoms with Gasteiger partial charge in [0.05, 0.1) is 34.4 Å². The molecular weight excluding hydrogens is 801 g/mol. The highest BCUT2D eigenvalue weighted by atomic mass is 16.6. The fourth-order valence-corrected chi connectivity index (χ4v) is 8.10. The maximum absolute atomic E-state index is 12.4. The van der Waals surface area contributed by atoms with Crippen molar-refractivity contribution in [1.29, 1.82) is 0 Å². The van der Waals surface area contributed by atoms with E-state index in [9.17, 15) is 29.1 Å². The largest absolute Gasteiger partial charge is 0.481 e. The van der Waals surface area contributed by atoms with E-state index in [1.165, 1.54) is 19.3 Å². The number of aliphatic hydroxyl groups is 1. The van der Waals surface area contributed by atoms with Crippen LogP contribution in [-0.4, -0.2) is 64.5 Å². The molecule has 0 spiro atoms. The molecule has 0 radical (unpaired) electrons. The van der Waals surface area contributed by atoms with Crippen LogP contribution in [0.2, 0.25) is 0 Å². The van der Waals surface area contributed by atoms with Crippen molar-refractivity contribution in [2.45, 2.75) is 198 Å². The second-order valence-corrected chi connectivity index (χ2v) is 21.4. The van der Waals surface area contributed by atoms with Gasteiger partial charge < -0.3 is 29.2 Å². The fourth-order valence-electron chi connectivity index (χ4n) is 8.10. The molecule has 5 saturated carbocycles. The molecule has 4 bridgehead atoms. The van der Waals surface area contributed by atoms with Crippen LogP contribution in [0.3, 0.4) is 0 Å². The van der Waals surface area contributed by atoms with Gasteiger partial charge in [0, 0.05) is 5.57 Å². The molecule has 1 aromatic carbocycles. The van der Waals surface area contributed by atoms with Crippen LogP contribution in [0.25, 0.3) is 0 Å². The topological polar surface area (TPSA) is 163 Å². The van der Waals surface area contributed by atoms with Crippen molar-refractivity contribution >= 4 is 29.8 Å². The molecule has 11 nitrogen and oxygen atoms in total. The number of rotatable bonds is 15. The highest BCUT2D eigenvalue weighted by Crippen LogP contribution is 2.57. The third-order valence-corrected chi connectivity index (χ3v) is 14.2. The third kappa shape index (κ3) is 17.3. The van der Waals surface area contributed by atoms with Gasteiger partial charge in [-0.25, -0.2) is 4.79 Å². The van der Waals surface area contributed by atoms with Gasteiger partial charge in [-0.1, -0.05) is 64.6 Å². The van der Waals surface area contributed by atoms with E-state index in [-0.39, 0.29) is 46.9 Å². The number of aliphatic carboxylic acids is 1. The number of aliphatic hydroxyl groups excluding tert-OH is 1. The molecule has 0 aliphatic heterocycles. The molecule has 6 rings (SSSR count). The number of hydrogen-bond acceptors (Lipinski definition) is 10. The van der Waals surface area contributed by atoms with Gasteiger partial charge in [0.15, 0.2) is 0 Å². The normalized spacial score (nSPS) is 25.0. The Kier molecular flexibility index (Phi) is 21.1. The lowest BCUT2D eigenvalue weighted by Gasteiger charge is -2.56. The lowest BCUT2D eigenvalue weighted by Crippen LogP contribution is -2.53. The highest BCUT2D eigenvalue weighted by Gasteiger charge is 2.54. The molecule has 3 atom stereocenters. The van der Waals surface area contributed by atoms with Crippen molar-refractivity contribution in [3.05, 3.63) is 48.0 Å². The predicted octanol–water partition coefficient (Wildman–Crippen LogP) is 11.2. The third-order valence-electron chi connectivity index (χ3n) is 14.2. The Bertz CT molecular complexity index is 1620. The van der Waals surface area contributed by atoms with E-state index in [4.69, 9.17) is 24.1 Å². The van der Waals surface area contributed by atoms with E-state index in [1.807, 2.05) is 92.6 Å². The lowest BCUT2D eigenvalue weighted by molar-refractivity contribution is -0.196. The molecule has 3 unspecified atom stereocenters. The number of carboxylic acids is 1. The highest BCUT2D eigenvalue weighted by molar-refractivity contribution is 5.86. The molecule has 0 saturated heterocycles. The van der Waals surface area contributed by atoms with E-state index in [2.05, 4.69) is 13.5 Å². The lowest BCUT2D eigenvalue weighted by atomic mass is 9.54. The van der Waals surface area contributed by atoms with Crippen molar-refractivity contribution in [3.63, 3.8) is 0 Å². The standard InChI is InChI=1S/C17H28O5.C16H26O2.C13H18O2.C6H12O2/c1-6-17(4,5)16(20)22-14-8-7-12(9-13(14)18)10-21-15(19)11(2)3;1-4-15(2,3)14(17)18-16-8-11-5-12(9-16)7-13(6-11)10-16;1-4-13(2,3)12(14)15-10-11-8-6-5-7-9-11;1-4-6(2,3)5(7)8/h12-14,18H,2,6-10H2,1,3-5H3;11-13H,4-10H2,1-3H3;5-9H,4,10H2,1-3H3;4H2,1-3H3,(H,7,8). The van der Waals surface area contributed by atoms with Crippen LogP contribution in [0.4, 0.5) is 0 Å². The Morgan fingerprint density at radius 2 is 1.13 bits per heavy atom. The zero-order valence-corrected chi connectivity index (χ0v) is 41.2. The number of carboxylic acid groups (broad SMARTS) is 1. The predicted molar refractivity (Wildman–Crippen MR) is 246 cm³/mol. The van der Waals surface area contributed by atoms with Crippen molar-refractivity contribution in [2.75, 3.05) is 6.61 Å². The molecule has 0 amide bonds. The first kappa shape index (κ1) is 55.4. The summed E-state index contributed by atoms with van der Waals surface area (Å²) in [5.41, 5.74) is -0.452. The van der Waals surface area contributed by atoms with Crippen LogP contribution in [0.5, 0.6) is 0 Å². The summed E-state index contributed by atoms with van der Waals surface area (Å²) >= 11 is 0. The Hall–Kier alpha value is -3.73. The average Bonchev–Trinajstić information content (AvgIpc) is 3.22. The summed E-state index contributed by atoms with van der Waals surface area (Å²) in [4.78, 5) is 57.7. The van der Waals surface area contributed by atoms with Crippen LogP contribution in [0, 0.1) is 45.3 Å². The Balaban J connectivity index is 0.000000303. The van der Waals surface area contributed by atoms with Gasteiger partial charge in [0.1, 0.15) is 18.3 Å². The summed E-state index contributed by atoms with van der Waals surface area (Å²) in [6.45, 7) is 28.6. The molecule has 0 aromatic heterocycles. The zero-order valence-electron chi connectivity index (χ0n) is 41.2. The number of esters is 4. The van der Waals surface area contributed by atoms with Crippen molar-refractivity contribution in [2.24, 2.45) is 45.3 Å². The van der Waals surface area contributed by atoms with Gasteiger partial charge in [-0.3, -0.25) is 19.2 Å². The minimum Gasteiger partial charge on any atom is -0.481 e. The van der Waals surface area contributed by atoms with Crippen molar-refractivity contribution in [1.82, 2.24) is 0 Å². The molecule has 5 aliphatic carbocycles. The van der Waals surface area contributed by atoms with E-state index in [0.29, 0.717) is 37.9 Å². The molecule has 5 fully saturated rings. The van der Waals surface area contributed by atoms with Crippen molar-refractivity contribution < 1.29 is 53.1 Å². The number of carbonyl (C=O) groups excluding carboxylic acids is 4. The maximum atomic E-state index is 12.4. The minimum atomic E-state index is -0.722. The average molecular weight is 885 g/mol. The first-order chi connectivity index (χ1) is 29.2. The van der Waals surface area contributed by atoms with E-state index >= 15 is 0 Å². The quantitative estimate of drug-likeness (QED) is 0.0979. The summed E-state index contributed by atoms with van der Waals surface area (Å²) in [6.07, 6.45) is 11.3. The molecule has 0 heterocycles. The van der Waals surface area contributed by atoms with Gasteiger partial charge >= 0.3 is 29.8 Å².